The smallest absolute Gasteiger partial charge is 0.159 e. The molecule has 0 amide bonds. The van der Waals surface area contributed by atoms with Crippen LogP contribution in [-0.4, -0.2) is 14.2 Å². The first kappa shape index (κ1) is 16.2. The summed E-state index contributed by atoms with van der Waals surface area (Å²) in [5, 5.41) is 3.26. The van der Waals surface area contributed by atoms with Gasteiger partial charge in [0, 0.05) is 18.2 Å². The van der Waals surface area contributed by atoms with Crippen molar-refractivity contribution in [3.05, 3.63) is 59.2 Å². The van der Waals surface area contributed by atoms with Crippen molar-refractivity contribution in [1.29, 1.82) is 0 Å². The van der Waals surface area contributed by atoms with Gasteiger partial charge in [0.25, 0.3) is 0 Å². The topological polar surface area (TPSA) is 30.5 Å². The molecule has 0 aliphatic carbocycles. The number of hydrogen-bond donors (Lipinski definition) is 1. The minimum Gasteiger partial charge on any atom is -0.497 e. The maximum Gasteiger partial charge on any atom is 0.159 e. The van der Waals surface area contributed by atoms with E-state index in [1.54, 1.807) is 20.3 Å². The minimum absolute atomic E-state index is 0.0434. The summed E-state index contributed by atoms with van der Waals surface area (Å²) in [6.07, 6.45) is 0. The van der Waals surface area contributed by atoms with Crippen molar-refractivity contribution in [3.63, 3.8) is 0 Å². The van der Waals surface area contributed by atoms with E-state index in [9.17, 15) is 8.78 Å². The van der Waals surface area contributed by atoms with Crippen LogP contribution in [0.15, 0.2) is 36.4 Å². The Morgan fingerprint density at radius 3 is 2.41 bits per heavy atom. The summed E-state index contributed by atoms with van der Waals surface area (Å²) in [6.45, 7) is 2.38. The van der Waals surface area contributed by atoms with Crippen molar-refractivity contribution in [2.24, 2.45) is 0 Å². The van der Waals surface area contributed by atoms with Crippen LogP contribution in [0.1, 0.15) is 24.1 Å². The Morgan fingerprint density at radius 1 is 1.00 bits per heavy atom. The normalized spacial score (nSPS) is 12.0. The van der Waals surface area contributed by atoms with Crippen LogP contribution in [0.2, 0.25) is 0 Å². The number of rotatable bonds is 6. The Morgan fingerprint density at radius 2 is 1.77 bits per heavy atom. The maximum atomic E-state index is 13.2. The third kappa shape index (κ3) is 3.74. The molecular weight excluding hydrogens is 288 g/mol. The molecule has 1 unspecified atom stereocenters. The third-order valence-electron chi connectivity index (χ3n) is 3.50. The zero-order valence-electron chi connectivity index (χ0n) is 12.8. The molecule has 2 rings (SSSR count). The highest BCUT2D eigenvalue weighted by Crippen LogP contribution is 2.29. The largest absolute Gasteiger partial charge is 0.497 e. The van der Waals surface area contributed by atoms with Crippen LogP contribution in [0.5, 0.6) is 11.5 Å². The second-order valence-corrected chi connectivity index (χ2v) is 4.96. The lowest BCUT2D eigenvalue weighted by Crippen LogP contribution is -2.19. The molecule has 1 N–H and O–H groups in total. The molecule has 0 spiro atoms. The van der Waals surface area contributed by atoms with Crippen molar-refractivity contribution < 1.29 is 18.3 Å². The molecular formula is C17H19F2NO2. The lowest BCUT2D eigenvalue weighted by molar-refractivity contribution is 0.391. The number of ether oxygens (including phenoxy) is 2. The van der Waals surface area contributed by atoms with E-state index in [0.717, 1.165) is 23.1 Å². The number of benzene rings is 2. The zero-order valence-corrected chi connectivity index (χ0v) is 12.8. The van der Waals surface area contributed by atoms with Gasteiger partial charge >= 0.3 is 0 Å². The lowest BCUT2D eigenvalue weighted by atomic mass is 10.1. The first-order chi connectivity index (χ1) is 10.5. The van der Waals surface area contributed by atoms with E-state index in [1.807, 2.05) is 25.1 Å². The molecule has 0 heterocycles. The predicted octanol–water partition coefficient (Wildman–Crippen LogP) is 3.83. The molecule has 0 fully saturated rings. The fraction of sp³-hybridized carbons (Fsp3) is 0.294. The van der Waals surface area contributed by atoms with Gasteiger partial charge in [-0.3, -0.25) is 0 Å². The van der Waals surface area contributed by atoms with E-state index in [2.05, 4.69) is 5.32 Å². The number of hydrogen-bond acceptors (Lipinski definition) is 3. The number of halogens is 2. The monoisotopic (exact) mass is 307 g/mol. The van der Waals surface area contributed by atoms with Gasteiger partial charge in [0.15, 0.2) is 11.6 Å². The minimum atomic E-state index is -0.842. The average Bonchev–Trinajstić information content (AvgIpc) is 2.55. The molecule has 5 heteroatoms. The Hall–Kier alpha value is -2.14. The second-order valence-electron chi connectivity index (χ2n) is 4.96. The molecule has 0 bridgehead atoms. The van der Waals surface area contributed by atoms with Gasteiger partial charge in [-0.05, 0) is 42.8 Å². The van der Waals surface area contributed by atoms with Crippen LogP contribution in [0.4, 0.5) is 8.78 Å². The maximum absolute atomic E-state index is 13.2. The molecule has 2 aromatic rings. The molecule has 0 aliphatic rings. The van der Waals surface area contributed by atoms with Crippen molar-refractivity contribution in [3.8, 4) is 11.5 Å². The third-order valence-corrected chi connectivity index (χ3v) is 3.50. The molecule has 0 radical (unpaired) electrons. The fourth-order valence-electron chi connectivity index (χ4n) is 2.21. The second kappa shape index (κ2) is 7.22. The van der Waals surface area contributed by atoms with Crippen molar-refractivity contribution in [2.45, 2.75) is 19.5 Å². The quantitative estimate of drug-likeness (QED) is 0.880. The van der Waals surface area contributed by atoms with Crippen LogP contribution in [0.25, 0.3) is 0 Å². The van der Waals surface area contributed by atoms with Gasteiger partial charge in [0.05, 0.1) is 14.2 Å². The molecule has 0 saturated carbocycles. The molecule has 1 atom stereocenters. The van der Waals surface area contributed by atoms with Gasteiger partial charge in [-0.2, -0.15) is 0 Å². The Balaban J connectivity index is 2.11. The molecule has 2 aromatic carbocycles. The average molecular weight is 307 g/mol. The van der Waals surface area contributed by atoms with Crippen molar-refractivity contribution in [1.82, 2.24) is 5.32 Å². The summed E-state index contributed by atoms with van der Waals surface area (Å²) in [7, 11) is 3.21. The summed E-state index contributed by atoms with van der Waals surface area (Å²) >= 11 is 0. The highest BCUT2D eigenvalue weighted by molar-refractivity contribution is 5.42. The fourth-order valence-corrected chi connectivity index (χ4v) is 2.21. The molecule has 0 aromatic heterocycles. The van der Waals surface area contributed by atoms with Crippen molar-refractivity contribution >= 4 is 0 Å². The van der Waals surface area contributed by atoms with Gasteiger partial charge in [-0.25, -0.2) is 8.78 Å². The van der Waals surface area contributed by atoms with Gasteiger partial charge in [-0.1, -0.05) is 6.07 Å². The zero-order chi connectivity index (χ0) is 16.1. The summed E-state index contributed by atoms with van der Waals surface area (Å²) in [4.78, 5) is 0. The van der Waals surface area contributed by atoms with E-state index in [-0.39, 0.29) is 6.04 Å². The van der Waals surface area contributed by atoms with Crippen LogP contribution >= 0.6 is 0 Å². The van der Waals surface area contributed by atoms with Gasteiger partial charge in [0.2, 0.25) is 0 Å². The van der Waals surface area contributed by atoms with E-state index < -0.39 is 11.6 Å². The van der Waals surface area contributed by atoms with Crippen LogP contribution in [0.3, 0.4) is 0 Å². The standard InChI is InChI=1S/C17H19F2NO2/c1-11(14-9-13(21-2)5-7-17(14)22-3)20-10-12-4-6-15(18)16(19)8-12/h4-9,11,20H,10H2,1-3H3. The van der Waals surface area contributed by atoms with Gasteiger partial charge in [0.1, 0.15) is 11.5 Å². The van der Waals surface area contributed by atoms with E-state index in [0.29, 0.717) is 12.1 Å². The molecule has 0 aliphatic heterocycles. The molecule has 22 heavy (non-hydrogen) atoms. The first-order valence-electron chi connectivity index (χ1n) is 6.94. The number of nitrogens with one attached hydrogen (secondary N) is 1. The summed E-state index contributed by atoms with van der Waals surface area (Å²) in [5.41, 5.74) is 1.61. The summed E-state index contributed by atoms with van der Waals surface area (Å²) in [6, 6.07) is 9.39. The van der Waals surface area contributed by atoms with Gasteiger partial charge < -0.3 is 14.8 Å². The molecule has 0 saturated heterocycles. The predicted molar refractivity (Wildman–Crippen MR) is 81.2 cm³/mol. The molecule has 118 valence electrons. The Bertz CT molecular complexity index is 647. The first-order valence-corrected chi connectivity index (χ1v) is 6.94. The highest BCUT2D eigenvalue weighted by atomic mass is 19.2. The van der Waals surface area contributed by atoms with Gasteiger partial charge in [-0.15, -0.1) is 0 Å². The van der Waals surface area contributed by atoms with Crippen molar-refractivity contribution in [2.75, 3.05) is 14.2 Å². The molecule has 3 nitrogen and oxygen atoms in total. The van der Waals surface area contributed by atoms with E-state index >= 15 is 0 Å². The SMILES string of the molecule is COc1ccc(OC)c(C(C)NCc2ccc(F)c(F)c2)c1. The van der Waals surface area contributed by atoms with E-state index in [1.165, 1.54) is 6.07 Å². The van der Waals surface area contributed by atoms with Crippen LogP contribution < -0.4 is 14.8 Å². The summed E-state index contributed by atoms with van der Waals surface area (Å²) in [5.74, 6) is -0.208. The van der Waals surface area contributed by atoms with Crippen LogP contribution in [0, 0.1) is 11.6 Å². The Labute approximate surface area is 128 Å². The lowest BCUT2D eigenvalue weighted by Gasteiger charge is -2.18. The van der Waals surface area contributed by atoms with E-state index in [4.69, 9.17) is 9.47 Å². The Kier molecular flexibility index (Phi) is 5.33. The summed E-state index contributed by atoms with van der Waals surface area (Å²) < 4.78 is 36.7. The number of methoxy groups -OCH3 is 2. The highest BCUT2D eigenvalue weighted by Gasteiger charge is 2.13. The van der Waals surface area contributed by atoms with Crippen LogP contribution in [-0.2, 0) is 6.54 Å².